The molecule has 6 nitrogen and oxygen atoms in total. The van der Waals surface area contributed by atoms with Crippen molar-refractivity contribution in [1.29, 1.82) is 0 Å². The molecular weight excluding hydrogens is 350 g/mol. The van der Waals surface area contributed by atoms with Gasteiger partial charge in [-0.2, -0.15) is 0 Å². The summed E-state index contributed by atoms with van der Waals surface area (Å²) in [6.07, 6.45) is 5.91. The minimum Gasteiger partial charge on any atom is -0.379 e. The van der Waals surface area contributed by atoms with Gasteiger partial charge in [0, 0.05) is 25.2 Å². The molecule has 1 saturated heterocycles. The van der Waals surface area contributed by atoms with E-state index in [0.717, 1.165) is 39.1 Å². The molecule has 1 aliphatic carbocycles. The first-order chi connectivity index (χ1) is 12.6. The molecule has 26 heavy (non-hydrogen) atoms. The predicted octanol–water partition coefficient (Wildman–Crippen LogP) is 2.02. The number of amides is 2. The van der Waals surface area contributed by atoms with Gasteiger partial charge < -0.3 is 15.4 Å². The molecule has 1 aliphatic heterocycles. The molecular formula is C19H29N3O3S. The van der Waals surface area contributed by atoms with Crippen LogP contribution in [0.4, 0.5) is 0 Å². The van der Waals surface area contributed by atoms with Crippen molar-refractivity contribution >= 4 is 23.2 Å². The van der Waals surface area contributed by atoms with Crippen molar-refractivity contribution in [3.63, 3.8) is 0 Å². The third-order valence-electron chi connectivity index (χ3n) is 5.54. The molecule has 2 N–H and O–H groups in total. The van der Waals surface area contributed by atoms with Crippen LogP contribution < -0.4 is 10.6 Å². The van der Waals surface area contributed by atoms with Crippen LogP contribution in [0.15, 0.2) is 17.5 Å². The van der Waals surface area contributed by atoms with Crippen LogP contribution >= 0.6 is 11.3 Å². The van der Waals surface area contributed by atoms with E-state index in [1.807, 2.05) is 11.4 Å². The maximum Gasteiger partial charge on any atom is 0.261 e. The van der Waals surface area contributed by atoms with Crippen LogP contribution in [0, 0.1) is 0 Å². The van der Waals surface area contributed by atoms with Gasteiger partial charge in [-0.1, -0.05) is 25.3 Å². The Labute approximate surface area is 159 Å². The first-order valence-electron chi connectivity index (χ1n) is 9.56. The Kier molecular flexibility index (Phi) is 6.67. The summed E-state index contributed by atoms with van der Waals surface area (Å²) >= 11 is 1.38. The van der Waals surface area contributed by atoms with Gasteiger partial charge in [-0.3, -0.25) is 14.5 Å². The number of carbonyl (C=O) groups excluding carboxylic acids is 2. The monoisotopic (exact) mass is 379 g/mol. The summed E-state index contributed by atoms with van der Waals surface area (Å²) in [4.78, 5) is 27.8. The van der Waals surface area contributed by atoms with Crippen molar-refractivity contribution in [3.05, 3.63) is 22.4 Å². The Morgan fingerprint density at radius 1 is 1.27 bits per heavy atom. The van der Waals surface area contributed by atoms with Crippen LogP contribution in [0.2, 0.25) is 0 Å². The molecule has 7 heteroatoms. The average molecular weight is 380 g/mol. The highest BCUT2D eigenvalue weighted by molar-refractivity contribution is 7.12. The normalized spacial score (nSPS) is 21.7. The smallest absolute Gasteiger partial charge is 0.261 e. The van der Waals surface area contributed by atoms with Crippen molar-refractivity contribution in [3.8, 4) is 0 Å². The first kappa shape index (κ1) is 19.3. The largest absolute Gasteiger partial charge is 0.379 e. The Hall–Kier alpha value is -1.44. The van der Waals surface area contributed by atoms with Crippen molar-refractivity contribution in [2.45, 2.75) is 50.6 Å². The molecule has 1 aromatic rings. The summed E-state index contributed by atoms with van der Waals surface area (Å²) in [6, 6.07) is 3.05. The highest BCUT2D eigenvalue weighted by Gasteiger charge is 2.39. The Balaban J connectivity index is 1.55. The van der Waals surface area contributed by atoms with Crippen LogP contribution in [0.3, 0.4) is 0 Å². The van der Waals surface area contributed by atoms with Crippen LogP contribution in [-0.4, -0.2) is 61.1 Å². The first-order valence-corrected chi connectivity index (χ1v) is 10.4. The third kappa shape index (κ3) is 4.64. The van der Waals surface area contributed by atoms with Gasteiger partial charge >= 0.3 is 0 Å². The van der Waals surface area contributed by atoms with Gasteiger partial charge in [-0.15, -0.1) is 11.3 Å². The van der Waals surface area contributed by atoms with Gasteiger partial charge in [0.2, 0.25) is 5.91 Å². The second kappa shape index (κ2) is 8.97. The Bertz CT molecular complexity index is 593. The second-order valence-electron chi connectivity index (χ2n) is 7.27. The van der Waals surface area contributed by atoms with E-state index in [4.69, 9.17) is 4.74 Å². The summed E-state index contributed by atoms with van der Waals surface area (Å²) in [5.41, 5.74) is 0.0369. The Morgan fingerprint density at radius 2 is 2.00 bits per heavy atom. The van der Waals surface area contributed by atoms with Gasteiger partial charge in [0.15, 0.2) is 0 Å². The van der Waals surface area contributed by atoms with Gasteiger partial charge in [0.05, 0.1) is 18.1 Å². The molecule has 2 amide bonds. The summed E-state index contributed by atoms with van der Waals surface area (Å²) in [6.45, 7) is 5.78. The number of rotatable bonds is 6. The minimum absolute atomic E-state index is 0.0369. The van der Waals surface area contributed by atoms with Gasteiger partial charge in [-0.25, -0.2) is 0 Å². The number of ether oxygens (including phenoxy) is 1. The molecule has 1 saturated carbocycles. The van der Waals surface area contributed by atoms with Gasteiger partial charge in [0.25, 0.3) is 5.91 Å². The molecule has 0 bridgehead atoms. The zero-order valence-electron chi connectivity index (χ0n) is 15.5. The molecule has 144 valence electrons. The average Bonchev–Trinajstić information content (AvgIpc) is 3.22. The molecule has 2 heterocycles. The molecule has 3 rings (SSSR count). The van der Waals surface area contributed by atoms with Crippen LogP contribution in [0.25, 0.3) is 0 Å². The molecule has 2 aliphatic rings. The standard InChI is InChI=1S/C19H29N3O3S/c1-15(21-18(24)16-6-5-13-26-16)17(23)20-14-19(7-3-2-4-8-19)22-9-11-25-12-10-22/h5-6,13,15H,2-4,7-12,14H2,1H3,(H,20,23)(H,21,24). The van der Waals surface area contributed by atoms with E-state index in [9.17, 15) is 9.59 Å². The quantitative estimate of drug-likeness (QED) is 0.793. The zero-order chi connectivity index (χ0) is 18.4. The number of thiophene rings is 1. The summed E-state index contributed by atoms with van der Waals surface area (Å²) in [5, 5.41) is 7.75. The molecule has 2 fully saturated rings. The lowest BCUT2D eigenvalue weighted by atomic mass is 9.79. The lowest BCUT2D eigenvalue weighted by Crippen LogP contribution is -2.60. The van der Waals surface area contributed by atoms with Crippen LogP contribution in [0.1, 0.15) is 48.7 Å². The number of hydrogen-bond acceptors (Lipinski definition) is 5. The molecule has 1 aromatic heterocycles. The SMILES string of the molecule is CC(NC(=O)c1cccs1)C(=O)NCC1(N2CCOCC2)CCCCC1. The Morgan fingerprint density at radius 3 is 2.65 bits per heavy atom. The highest BCUT2D eigenvalue weighted by Crippen LogP contribution is 2.33. The van der Waals surface area contributed by atoms with E-state index in [1.165, 1.54) is 30.6 Å². The summed E-state index contributed by atoms with van der Waals surface area (Å²) < 4.78 is 5.50. The number of nitrogens with one attached hydrogen (secondary N) is 2. The number of carbonyl (C=O) groups is 2. The van der Waals surface area contributed by atoms with E-state index in [0.29, 0.717) is 11.4 Å². The number of morpholine rings is 1. The fraction of sp³-hybridized carbons (Fsp3) is 0.684. The molecule has 1 unspecified atom stereocenters. The minimum atomic E-state index is -0.546. The second-order valence-corrected chi connectivity index (χ2v) is 8.22. The topological polar surface area (TPSA) is 70.7 Å². The maximum absolute atomic E-state index is 12.6. The molecule has 0 aromatic carbocycles. The number of hydrogen-bond donors (Lipinski definition) is 2. The van der Waals surface area contributed by atoms with Crippen molar-refractivity contribution in [1.82, 2.24) is 15.5 Å². The number of nitrogens with zero attached hydrogens (tertiary/aromatic N) is 1. The maximum atomic E-state index is 12.6. The van der Waals surface area contributed by atoms with E-state index in [1.54, 1.807) is 13.0 Å². The van der Waals surface area contributed by atoms with Crippen molar-refractivity contribution in [2.75, 3.05) is 32.8 Å². The van der Waals surface area contributed by atoms with E-state index in [-0.39, 0.29) is 17.4 Å². The summed E-state index contributed by atoms with van der Waals surface area (Å²) in [5.74, 6) is -0.309. The highest BCUT2D eigenvalue weighted by atomic mass is 32.1. The van der Waals surface area contributed by atoms with Crippen LogP contribution in [0.5, 0.6) is 0 Å². The zero-order valence-corrected chi connectivity index (χ0v) is 16.3. The predicted molar refractivity (Wildman–Crippen MR) is 102 cm³/mol. The third-order valence-corrected chi connectivity index (χ3v) is 6.41. The fourth-order valence-electron chi connectivity index (χ4n) is 4.00. The van der Waals surface area contributed by atoms with E-state index >= 15 is 0 Å². The van der Waals surface area contributed by atoms with Gasteiger partial charge in [-0.05, 0) is 31.2 Å². The van der Waals surface area contributed by atoms with Crippen LogP contribution in [-0.2, 0) is 9.53 Å². The lowest BCUT2D eigenvalue weighted by molar-refractivity contribution is -0.123. The molecule has 0 spiro atoms. The van der Waals surface area contributed by atoms with E-state index in [2.05, 4.69) is 15.5 Å². The van der Waals surface area contributed by atoms with E-state index < -0.39 is 6.04 Å². The lowest BCUT2D eigenvalue weighted by Gasteiger charge is -2.48. The summed E-state index contributed by atoms with van der Waals surface area (Å²) in [7, 11) is 0. The molecule has 1 atom stereocenters. The van der Waals surface area contributed by atoms with Crippen molar-refractivity contribution in [2.24, 2.45) is 0 Å². The van der Waals surface area contributed by atoms with Crippen molar-refractivity contribution < 1.29 is 14.3 Å². The fourth-order valence-corrected chi connectivity index (χ4v) is 4.63. The van der Waals surface area contributed by atoms with Gasteiger partial charge in [0.1, 0.15) is 6.04 Å². The molecule has 0 radical (unpaired) electrons.